The maximum absolute atomic E-state index is 12.4. The number of carbonyl (C=O) groups excluding carboxylic acids is 1. The monoisotopic (exact) mass is 343 g/mol. The molecule has 0 spiro atoms. The molecule has 0 bridgehead atoms. The number of aromatic nitrogens is 3. The van der Waals surface area contributed by atoms with E-state index in [1.807, 2.05) is 30.3 Å². The first-order valence-electron chi connectivity index (χ1n) is 8.76. The average Bonchev–Trinajstić information content (AvgIpc) is 3.11. The van der Waals surface area contributed by atoms with Crippen LogP contribution >= 0.6 is 0 Å². The first-order chi connectivity index (χ1) is 12.2. The van der Waals surface area contributed by atoms with Gasteiger partial charge >= 0.3 is 0 Å². The van der Waals surface area contributed by atoms with Crippen LogP contribution in [-0.2, 0) is 6.54 Å². The van der Waals surface area contributed by atoms with Crippen LogP contribution in [0.1, 0.15) is 23.3 Å². The molecule has 1 atom stereocenters. The Kier molecular flexibility index (Phi) is 6.00. The summed E-state index contributed by atoms with van der Waals surface area (Å²) in [6.07, 6.45) is 4.12. The van der Waals surface area contributed by atoms with Crippen LogP contribution < -0.4 is 10.1 Å². The van der Waals surface area contributed by atoms with Gasteiger partial charge in [0.2, 0.25) is 0 Å². The van der Waals surface area contributed by atoms with Crippen molar-refractivity contribution in [3.8, 4) is 5.75 Å². The molecule has 1 N–H and O–H groups in total. The molecule has 1 aliphatic rings. The normalized spacial score (nSPS) is 17.2. The molecule has 7 heteroatoms. The molecule has 1 aromatic carbocycles. The fraction of sp³-hybridized carbons (Fsp3) is 0.500. The van der Waals surface area contributed by atoms with Gasteiger partial charge in [-0.25, -0.2) is 0 Å². The molecule has 1 amide bonds. The third-order valence-corrected chi connectivity index (χ3v) is 4.39. The summed E-state index contributed by atoms with van der Waals surface area (Å²) in [5.74, 6) is 1.22. The molecule has 7 nitrogen and oxygen atoms in total. The first-order valence-corrected chi connectivity index (χ1v) is 8.76. The largest absolute Gasteiger partial charge is 0.492 e. The molecule has 134 valence electrons. The Bertz CT molecular complexity index is 667. The molecule has 25 heavy (non-hydrogen) atoms. The summed E-state index contributed by atoms with van der Waals surface area (Å²) in [6, 6.07) is 9.57. The summed E-state index contributed by atoms with van der Waals surface area (Å²) in [4.78, 5) is 14.0. The van der Waals surface area contributed by atoms with Crippen LogP contribution in [0.3, 0.4) is 0 Å². The van der Waals surface area contributed by atoms with Gasteiger partial charge in [0, 0.05) is 13.6 Å². The average molecular weight is 343 g/mol. The third kappa shape index (κ3) is 5.03. The number of nitrogens with zero attached hydrogens (tertiary/aromatic N) is 4. The summed E-state index contributed by atoms with van der Waals surface area (Å²) in [7, 11) is 1.75. The summed E-state index contributed by atoms with van der Waals surface area (Å²) in [5, 5.41) is 11.5. The lowest BCUT2D eigenvalue weighted by Gasteiger charge is -2.22. The van der Waals surface area contributed by atoms with Crippen LogP contribution in [0.15, 0.2) is 36.5 Å². The van der Waals surface area contributed by atoms with Gasteiger partial charge in [-0.2, -0.15) is 0 Å². The number of para-hydroxylation sites is 1. The highest BCUT2D eigenvalue weighted by Gasteiger charge is 2.18. The molecule has 0 radical (unpaired) electrons. The zero-order valence-corrected chi connectivity index (χ0v) is 14.6. The van der Waals surface area contributed by atoms with Gasteiger partial charge in [0.05, 0.1) is 12.7 Å². The van der Waals surface area contributed by atoms with Gasteiger partial charge in [-0.1, -0.05) is 23.4 Å². The Labute approximate surface area is 148 Å². The molecular weight excluding hydrogens is 318 g/mol. The van der Waals surface area contributed by atoms with Crippen molar-refractivity contribution >= 4 is 5.91 Å². The van der Waals surface area contributed by atoms with Crippen molar-refractivity contribution in [2.75, 3.05) is 33.3 Å². The number of benzene rings is 1. The number of piperidine rings is 1. The maximum atomic E-state index is 12.4. The minimum atomic E-state index is -0.135. The molecule has 1 fully saturated rings. The molecule has 3 rings (SSSR count). The van der Waals surface area contributed by atoms with Crippen molar-refractivity contribution in [3.05, 3.63) is 42.2 Å². The van der Waals surface area contributed by atoms with Gasteiger partial charge in [-0.05, 0) is 44.0 Å². The van der Waals surface area contributed by atoms with Gasteiger partial charge in [0.1, 0.15) is 12.4 Å². The van der Waals surface area contributed by atoms with E-state index < -0.39 is 0 Å². The standard InChI is InChI=1S/C18H25N5O2/c1-22(10-11-25-16-7-3-2-4-8-16)18(24)17-14-23(21-20-17)13-15-6-5-9-19-12-15/h2-4,7-8,14-15,19H,5-6,9-13H2,1H3/t15-/m0/s1. The van der Waals surface area contributed by atoms with Gasteiger partial charge in [-0.15, -0.1) is 5.10 Å². The molecule has 0 saturated carbocycles. The SMILES string of the molecule is CN(CCOc1ccccc1)C(=O)c1cn(C[C@H]2CCCNC2)nn1. The second-order valence-corrected chi connectivity index (χ2v) is 6.43. The van der Waals surface area contributed by atoms with Crippen molar-refractivity contribution in [2.24, 2.45) is 5.92 Å². The summed E-state index contributed by atoms with van der Waals surface area (Å²) < 4.78 is 7.40. The van der Waals surface area contributed by atoms with Crippen molar-refractivity contribution in [3.63, 3.8) is 0 Å². The van der Waals surface area contributed by atoms with Gasteiger partial charge in [0.25, 0.3) is 5.91 Å². The first kappa shape index (κ1) is 17.4. The van der Waals surface area contributed by atoms with E-state index in [2.05, 4.69) is 15.6 Å². The Morgan fingerprint density at radius 3 is 3.00 bits per heavy atom. The molecule has 2 heterocycles. The fourth-order valence-electron chi connectivity index (χ4n) is 2.94. The molecular formula is C18H25N5O2. The lowest BCUT2D eigenvalue weighted by atomic mass is 10.00. The smallest absolute Gasteiger partial charge is 0.275 e. The molecule has 2 aromatic rings. The van der Waals surface area contributed by atoms with E-state index >= 15 is 0 Å². The zero-order chi connectivity index (χ0) is 17.5. The predicted molar refractivity (Wildman–Crippen MR) is 94.5 cm³/mol. The van der Waals surface area contributed by atoms with Crippen LogP contribution in [0, 0.1) is 5.92 Å². The maximum Gasteiger partial charge on any atom is 0.275 e. The van der Waals surface area contributed by atoms with Crippen LogP contribution in [0.4, 0.5) is 0 Å². The van der Waals surface area contributed by atoms with Gasteiger partial charge in [-0.3, -0.25) is 9.48 Å². The third-order valence-electron chi connectivity index (χ3n) is 4.39. The number of hydrogen-bond donors (Lipinski definition) is 1. The lowest BCUT2D eigenvalue weighted by molar-refractivity contribution is 0.0768. The predicted octanol–water partition coefficient (Wildman–Crippen LogP) is 1.43. The zero-order valence-electron chi connectivity index (χ0n) is 14.6. The Hall–Kier alpha value is -2.41. The highest BCUT2D eigenvalue weighted by Crippen LogP contribution is 2.12. The number of nitrogens with one attached hydrogen (secondary N) is 1. The number of amides is 1. The quantitative estimate of drug-likeness (QED) is 0.823. The fourth-order valence-corrected chi connectivity index (χ4v) is 2.94. The minimum Gasteiger partial charge on any atom is -0.492 e. The highest BCUT2D eigenvalue weighted by molar-refractivity contribution is 5.91. The van der Waals surface area contributed by atoms with Crippen LogP contribution in [0.25, 0.3) is 0 Å². The molecule has 0 unspecified atom stereocenters. The van der Waals surface area contributed by atoms with Crippen molar-refractivity contribution in [1.82, 2.24) is 25.2 Å². The highest BCUT2D eigenvalue weighted by atomic mass is 16.5. The topological polar surface area (TPSA) is 72.3 Å². The van der Waals surface area contributed by atoms with Crippen LogP contribution in [-0.4, -0.2) is 59.1 Å². The van der Waals surface area contributed by atoms with Crippen molar-refractivity contribution < 1.29 is 9.53 Å². The number of rotatable bonds is 7. The van der Waals surface area contributed by atoms with Crippen LogP contribution in [0.5, 0.6) is 5.75 Å². The summed E-state index contributed by atoms with van der Waals surface area (Å²) in [6.45, 7) is 3.82. The van der Waals surface area contributed by atoms with Gasteiger partial charge < -0.3 is 15.0 Å². The van der Waals surface area contributed by atoms with Gasteiger partial charge in [0.15, 0.2) is 5.69 Å². The van der Waals surface area contributed by atoms with E-state index in [-0.39, 0.29) is 5.91 Å². The molecule has 1 aromatic heterocycles. The second-order valence-electron chi connectivity index (χ2n) is 6.43. The Morgan fingerprint density at radius 1 is 1.40 bits per heavy atom. The molecule has 1 aliphatic heterocycles. The summed E-state index contributed by atoms with van der Waals surface area (Å²) in [5.41, 5.74) is 0.381. The number of carbonyl (C=O) groups is 1. The number of likely N-dealkylation sites (N-methyl/N-ethyl adjacent to an activating group) is 1. The summed E-state index contributed by atoms with van der Waals surface area (Å²) >= 11 is 0. The Morgan fingerprint density at radius 2 is 2.24 bits per heavy atom. The van der Waals surface area contributed by atoms with E-state index in [1.54, 1.807) is 22.8 Å². The lowest BCUT2D eigenvalue weighted by Crippen LogP contribution is -2.32. The van der Waals surface area contributed by atoms with E-state index in [4.69, 9.17) is 4.74 Å². The number of hydrogen-bond acceptors (Lipinski definition) is 5. The second kappa shape index (κ2) is 8.62. The molecule has 0 aliphatic carbocycles. The molecule has 1 saturated heterocycles. The van der Waals surface area contributed by atoms with Crippen molar-refractivity contribution in [1.29, 1.82) is 0 Å². The van der Waals surface area contributed by atoms with E-state index in [9.17, 15) is 4.79 Å². The van der Waals surface area contributed by atoms with E-state index in [0.29, 0.717) is 24.8 Å². The Balaban J connectivity index is 1.46. The number of ether oxygens (including phenoxy) is 1. The van der Waals surface area contributed by atoms with E-state index in [0.717, 1.165) is 25.4 Å². The van der Waals surface area contributed by atoms with Crippen LogP contribution in [0.2, 0.25) is 0 Å². The van der Waals surface area contributed by atoms with Crippen molar-refractivity contribution in [2.45, 2.75) is 19.4 Å². The minimum absolute atomic E-state index is 0.135. The van der Waals surface area contributed by atoms with E-state index in [1.165, 1.54) is 12.8 Å².